The van der Waals surface area contributed by atoms with E-state index >= 15 is 0 Å². The number of ether oxygens (including phenoxy) is 1. The summed E-state index contributed by atoms with van der Waals surface area (Å²) in [5, 5.41) is 9.99. The number of nitrogens with one attached hydrogen (secondary N) is 1. The molecule has 1 aromatic heterocycles. The van der Waals surface area contributed by atoms with Gasteiger partial charge in [-0.15, -0.1) is 12.4 Å². The van der Waals surface area contributed by atoms with Gasteiger partial charge in [0.25, 0.3) is 0 Å². The van der Waals surface area contributed by atoms with Gasteiger partial charge in [-0.1, -0.05) is 24.3 Å². The lowest BCUT2D eigenvalue weighted by molar-refractivity contribution is -0.133. The van der Waals surface area contributed by atoms with Gasteiger partial charge in [0, 0.05) is 23.4 Å². The van der Waals surface area contributed by atoms with Crippen LogP contribution in [0.4, 0.5) is 0 Å². The maximum absolute atomic E-state index is 12.5. The van der Waals surface area contributed by atoms with E-state index in [1.165, 1.54) is 0 Å². The number of rotatable bonds is 10. The summed E-state index contributed by atoms with van der Waals surface area (Å²) in [6.07, 6.45) is 1.27. The number of carbonyl (C=O) groups excluding carboxylic acids is 1. The van der Waals surface area contributed by atoms with Crippen molar-refractivity contribution >= 4 is 29.3 Å². The number of nitrogens with zero attached hydrogens (tertiary/aromatic N) is 1. The highest BCUT2D eigenvalue weighted by Gasteiger charge is 2.21. The quantitative estimate of drug-likeness (QED) is 0.264. The zero-order valence-electron chi connectivity index (χ0n) is 19.2. The topological polar surface area (TPSA) is 92.0 Å². The van der Waals surface area contributed by atoms with E-state index in [1.807, 2.05) is 63.5 Å². The van der Waals surface area contributed by atoms with Gasteiger partial charge in [0.1, 0.15) is 17.9 Å². The first-order valence-electron chi connectivity index (χ1n) is 10.7. The fourth-order valence-corrected chi connectivity index (χ4v) is 3.53. The van der Waals surface area contributed by atoms with Crippen molar-refractivity contribution in [2.75, 3.05) is 27.2 Å². The summed E-state index contributed by atoms with van der Waals surface area (Å²) in [7, 11) is 3.99. The Hall–Kier alpha value is -2.87. The first kappa shape index (κ1) is 26.4. The number of halogens is 1. The lowest BCUT2D eigenvalue weighted by Gasteiger charge is -2.15. The molecule has 3 aromatic rings. The lowest BCUT2D eigenvalue weighted by Crippen LogP contribution is -2.31. The molecule has 0 aliphatic carbocycles. The van der Waals surface area contributed by atoms with E-state index in [9.17, 15) is 14.8 Å². The molecule has 2 N–H and O–H groups in total. The molecule has 0 saturated carbocycles. The molecular formula is C25H31ClN2O5. The summed E-state index contributed by atoms with van der Waals surface area (Å²) >= 11 is 0. The number of hydrogen-bond acceptors (Lipinski definition) is 6. The van der Waals surface area contributed by atoms with Gasteiger partial charge in [-0.2, -0.15) is 0 Å². The van der Waals surface area contributed by atoms with Crippen LogP contribution in [0.3, 0.4) is 0 Å². The monoisotopic (exact) mass is 474 g/mol. The van der Waals surface area contributed by atoms with Crippen molar-refractivity contribution < 1.29 is 19.2 Å². The Labute approximate surface area is 199 Å². The molecule has 1 unspecified atom stereocenters. The SMILES string of the molecule is Cc1ccc2cc(CC(CCc3ccc(OCCN(C)C)cc3)C(=O)NO)c(=O)oc2c1.Cl. The largest absolute Gasteiger partial charge is 0.492 e. The third-order valence-electron chi connectivity index (χ3n) is 5.42. The molecule has 3 rings (SSSR count). The van der Waals surface area contributed by atoms with E-state index in [0.29, 0.717) is 30.6 Å². The summed E-state index contributed by atoms with van der Waals surface area (Å²) in [5.41, 5.74) is 4.25. The number of benzene rings is 2. The zero-order valence-corrected chi connectivity index (χ0v) is 20.0. The van der Waals surface area contributed by atoms with E-state index in [2.05, 4.69) is 4.90 Å². The molecule has 0 spiro atoms. The van der Waals surface area contributed by atoms with Crippen LogP contribution in [-0.4, -0.2) is 43.3 Å². The van der Waals surface area contributed by atoms with Crippen LogP contribution in [-0.2, 0) is 17.6 Å². The predicted molar refractivity (Wildman–Crippen MR) is 130 cm³/mol. The maximum atomic E-state index is 12.5. The first-order valence-corrected chi connectivity index (χ1v) is 10.7. The van der Waals surface area contributed by atoms with Crippen molar-refractivity contribution in [1.29, 1.82) is 0 Å². The van der Waals surface area contributed by atoms with Crippen molar-refractivity contribution in [3.05, 3.63) is 75.6 Å². The van der Waals surface area contributed by atoms with Crippen LogP contribution in [0, 0.1) is 12.8 Å². The second-order valence-corrected chi connectivity index (χ2v) is 8.31. The number of hydrogen-bond donors (Lipinski definition) is 2. The molecule has 1 heterocycles. The Kier molecular flexibility index (Phi) is 9.91. The van der Waals surface area contributed by atoms with Gasteiger partial charge in [-0.25, -0.2) is 10.3 Å². The molecule has 33 heavy (non-hydrogen) atoms. The molecule has 0 bridgehead atoms. The van der Waals surface area contributed by atoms with Crippen molar-refractivity contribution in [3.63, 3.8) is 0 Å². The van der Waals surface area contributed by atoms with E-state index in [0.717, 1.165) is 28.8 Å². The van der Waals surface area contributed by atoms with Gasteiger partial charge < -0.3 is 14.1 Å². The van der Waals surface area contributed by atoms with Crippen LogP contribution in [0.1, 0.15) is 23.1 Å². The molecule has 0 aliphatic heterocycles. The standard InChI is InChI=1S/C25H30N2O5.ClH/c1-17-4-8-19-15-21(25(29)32-23(19)14-17)16-20(24(28)26-30)9-5-18-6-10-22(11-7-18)31-13-12-27(2)3;/h4,6-8,10-11,14-15,20,30H,5,9,12-13,16H2,1-3H3,(H,26,28);1H. The number of amides is 1. The first-order chi connectivity index (χ1) is 15.4. The Morgan fingerprint density at radius 3 is 2.55 bits per heavy atom. The summed E-state index contributed by atoms with van der Waals surface area (Å²) in [5.74, 6) is -0.289. The van der Waals surface area contributed by atoms with E-state index in [4.69, 9.17) is 9.15 Å². The van der Waals surface area contributed by atoms with Crippen LogP contribution in [0.5, 0.6) is 5.75 Å². The number of carbonyl (C=O) groups is 1. The summed E-state index contributed by atoms with van der Waals surface area (Å²) in [6, 6.07) is 15.2. The maximum Gasteiger partial charge on any atom is 0.339 e. The second kappa shape index (κ2) is 12.4. The van der Waals surface area contributed by atoms with Crippen LogP contribution in [0.15, 0.2) is 57.7 Å². The highest BCUT2D eigenvalue weighted by atomic mass is 35.5. The highest BCUT2D eigenvalue weighted by Crippen LogP contribution is 2.20. The minimum atomic E-state index is -0.568. The fourth-order valence-electron chi connectivity index (χ4n) is 3.53. The van der Waals surface area contributed by atoms with Gasteiger partial charge in [-0.05, 0) is 75.7 Å². The molecule has 1 amide bonds. The zero-order chi connectivity index (χ0) is 23.1. The van der Waals surface area contributed by atoms with Gasteiger partial charge in [0.2, 0.25) is 5.91 Å². The van der Waals surface area contributed by atoms with Gasteiger partial charge in [0.05, 0.1) is 0 Å². The number of hydroxylamine groups is 1. The predicted octanol–water partition coefficient (Wildman–Crippen LogP) is 3.76. The molecule has 0 fully saturated rings. The van der Waals surface area contributed by atoms with Crippen molar-refractivity contribution in [1.82, 2.24) is 10.4 Å². The van der Waals surface area contributed by atoms with Crippen LogP contribution in [0.25, 0.3) is 11.0 Å². The third-order valence-corrected chi connectivity index (χ3v) is 5.42. The minimum absolute atomic E-state index is 0. The van der Waals surface area contributed by atoms with Crippen LogP contribution in [0.2, 0.25) is 0 Å². The van der Waals surface area contributed by atoms with Crippen molar-refractivity contribution in [2.24, 2.45) is 5.92 Å². The van der Waals surface area contributed by atoms with Crippen LogP contribution >= 0.6 is 12.4 Å². The molecule has 1 atom stereocenters. The highest BCUT2D eigenvalue weighted by molar-refractivity contribution is 5.85. The summed E-state index contributed by atoms with van der Waals surface area (Å²) in [6.45, 7) is 3.37. The molecule has 0 radical (unpaired) electrons. The smallest absolute Gasteiger partial charge is 0.339 e. The third kappa shape index (κ3) is 7.60. The minimum Gasteiger partial charge on any atom is -0.492 e. The van der Waals surface area contributed by atoms with Crippen molar-refractivity contribution in [2.45, 2.75) is 26.2 Å². The molecule has 178 valence electrons. The molecule has 0 aliphatic rings. The van der Waals surface area contributed by atoms with Gasteiger partial charge in [-0.3, -0.25) is 10.0 Å². The second-order valence-electron chi connectivity index (χ2n) is 8.31. The number of fused-ring (bicyclic) bond motifs is 1. The van der Waals surface area contributed by atoms with E-state index in [1.54, 1.807) is 11.5 Å². The normalized spacial score (nSPS) is 11.8. The molecule has 0 saturated heterocycles. The molecule has 2 aromatic carbocycles. The lowest BCUT2D eigenvalue weighted by atomic mass is 9.92. The Bertz CT molecular complexity index is 1110. The number of aryl methyl sites for hydroxylation is 2. The van der Waals surface area contributed by atoms with Crippen molar-refractivity contribution in [3.8, 4) is 5.75 Å². The average molecular weight is 475 g/mol. The Morgan fingerprint density at radius 2 is 1.88 bits per heavy atom. The summed E-state index contributed by atoms with van der Waals surface area (Å²) < 4.78 is 11.1. The van der Waals surface area contributed by atoms with Gasteiger partial charge in [0.15, 0.2) is 0 Å². The van der Waals surface area contributed by atoms with E-state index in [-0.39, 0.29) is 18.8 Å². The number of likely N-dealkylation sites (N-methyl/N-ethyl adjacent to an activating group) is 1. The average Bonchev–Trinajstić information content (AvgIpc) is 2.77. The molecular weight excluding hydrogens is 444 g/mol. The fraction of sp³-hybridized carbons (Fsp3) is 0.360. The molecule has 7 nitrogen and oxygen atoms in total. The van der Waals surface area contributed by atoms with E-state index < -0.39 is 17.5 Å². The Balaban J connectivity index is 0.00000385. The van der Waals surface area contributed by atoms with Crippen LogP contribution < -0.4 is 15.8 Å². The van der Waals surface area contributed by atoms with Gasteiger partial charge >= 0.3 is 5.63 Å². The summed E-state index contributed by atoms with van der Waals surface area (Å²) in [4.78, 5) is 26.8. The molecule has 8 heteroatoms. The Morgan fingerprint density at radius 1 is 1.15 bits per heavy atom.